The predicted molar refractivity (Wildman–Crippen MR) is 56.7 cm³/mol. The van der Waals surface area contributed by atoms with Crippen LogP contribution in [-0.4, -0.2) is 35.6 Å². The Hall–Kier alpha value is -1.63. The van der Waals surface area contributed by atoms with Crippen LogP contribution in [0, 0.1) is 6.92 Å². The topological polar surface area (TPSA) is 82.5 Å². The fraction of sp³-hybridized carbons (Fsp3) is 0.375. The first-order valence-electron chi connectivity index (χ1n) is 4.14. The van der Waals surface area contributed by atoms with Crippen molar-refractivity contribution in [3.63, 3.8) is 0 Å². The second-order valence-electron chi connectivity index (χ2n) is 2.87. The average Bonchev–Trinajstić information content (AvgIpc) is 2.57. The van der Waals surface area contributed by atoms with Crippen LogP contribution in [0.3, 0.4) is 0 Å². The number of aromatic carboxylic acids is 1. The normalized spacial score (nSPS) is 9.80. The van der Waals surface area contributed by atoms with E-state index in [9.17, 15) is 9.59 Å². The van der Waals surface area contributed by atoms with Gasteiger partial charge in [-0.05, 0) is 18.5 Å². The summed E-state index contributed by atoms with van der Waals surface area (Å²) in [4.78, 5) is 23.5. The number of aryl methyl sites for hydroxylation is 1. The molecule has 1 aromatic heterocycles. The second kappa shape index (κ2) is 4.26. The third-order valence-electron chi connectivity index (χ3n) is 1.88. The summed E-state index contributed by atoms with van der Waals surface area (Å²) >= 11 is 0.991. The van der Waals surface area contributed by atoms with Gasteiger partial charge in [0.15, 0.2) is 0 Å². The van der Waals surface area contributed by atoms with Gasteiger partial charge in [-0.15, -0.1) is 0 Å². The number of nitrogens with one attached hydrogen (secondary N) is 1. The number of carboxylic acids is 1. The van der Waals surface area contributed by atoms with Crippen molar-refractivity contribution in [2.75, 3.05) is 19.0 Å². The van der Waals surface area contributed by atoms with E-state index in [2.05, 4.69) is 9.69 Å². The zero-order valence-corrected chi connectivity index (χ0v) is 9.38. The molecule has 0 aromatic carbocycles. The molecule has 6 nitrogen and oxygen atoms in total. The minimum Gasteiger partial charge on any atom is -0.478 e. The van der Waals surface area contributed by atoms with Gasteiger partial charge in [-0.2, -0.15) is 4.37 Å². The third-order valence-corrected chi connectivity index (χ3v) is 2.90. The number of nitrogens with zero attached hydrogens (tertiary/aromatic N) is 2. The van der Waals surface area contributed by atoms with Crippen molar-refractivity contribution in [3.05, 3.63) is 11.3 Å². The quantitative estimate of drug-likeness (QED) is 0.790. The van der Waals surface area contributed by atoms with E-state index in [1.165, 1.54) is 19.0 Å². The van der Waals surface area contributed by atoms with Crippen molar-refractivity contribution >= 4 is 28.5 Å². The van der Waals surface area contributed by atoms with Crippen LogP contribution in [0.25, 0.3) is 0 Å². The van der Waals surface area contributed by atoms with Crippen LogP contribution in [0.1, 0.15) is 16.1 Å². The lowest BCUT2D eigenvalue weighted by Gasteiger charge is -2.14. The maximum atomic E-state index is 11.3. The van der Waals surface area contributed by atoms with Gasteiger partial charge in [0.25, 0.3) is 0 Å². The van der Waals surface area contributed by atoms with E-state index >= 15 is 0 Å². The van der Waals surface area contributed by atoms with Gasteiger partial charge in [-0.3, -0.25) is 4.90 Å². The number of carboxylic acid groups (broad SMARTS) is 1. The summed E-state index contributed by atoms with van der Waals surface area (Å²) in [7, 11) is 2.98. The SMILES string of the molecule is CNC(=O)N(C)c1snc(C)c1C(=O)O. The molecule has 2 N–H and O–H groups in total. The number of carbonyl (C=O) groups excluding carboxylic acids is 1. The molecule has 2 amide bonds. The number of anilines is 1. The number of urea groups is 1. The first-order valence-corrected chi connectivity index (χ1v) is 4.91. The first-order chi connectivity index (χ1) is 6.99. The largest absolute Gasteiger partial charge is 0.478 e. The molecule has 0 aliphatic rings. The standard InChI is InChI=1S/C8H11N3O3S/c1-4-5(7(12)13)6(15-10-4)11(3)8(14)9-2/h1-3H3,(H,9,14)(H,12,13). The molecule has 0 spiro atoms. The van der Waals surface area contributed by atoms with Gasteiger partial charge >= 0.3 is 12.0 Å². The van der Waals surface area contributed by atoms with E-state index in [4.69, 9.17) is 5.11 Å². The number of hydrogen-bond acceptors (Lipinski definition) is 4. The van der Waals surface area contributed by atoms with E-state index in [1.54, 1.807) is 6.92 Å². The number of carbonyl (C=O) groups is 2. The predicted octanol–water partition coefficient (Wildman–Crippen LogP) is 0.925. The summed E-state index contributed by atoms with van der Waals surface area (Å²) in [6.45, 7) is 1.60. The van der Waals surface area contributed by atoms with Gasteiger partial charge in [-0.1, -0.05) is 0 Å². The zero-order valence-electron chi connectivity index (χ0n) is 8.57. The second-order valence-corrected chi connectivity index (χ2v) is 3.62. The molecular formula is C8H11N3O3S. The first kappa shape index (κ1) is 11.4. The highest BCUT2D eigenvalue weighted by atomic mass is 32.1. The van der Waals surface area contributed by atoms with Crippen LogP contribution in [0.15, 0.2) is 0 Å². The van der Waals surface area contributed by atoms with Gasteiger partial charge in [0.1, 0.15) is 10.6 Å². The molecule has 1 heterocycles. The monoisotopic (exact) mass is 229 g/mol. The minimum atomic E-state index is -1.08. The summed E-state index contributed by atoms with van der Waals surface area (Å²) < 4.78 is 3.91. The Morgan fingerprint density at radius 1 is 1.53 bits per heavy atom. The molecule has 0 fully saturated rings. The fourth-order valence-electron chi connectivity index (χ4n) is 1.09. The van der Waals surface area contributed by atoms with Gasteiger partial charge in [0, 0.05) is 14.1 Å². The highest BCUT2D eigenvalue weighted by Crippen LogP contribution is 2.27. The Morgan fingerprint density at radius 3 is 2.60 bits per heavy atom. The third kappa shape index (κ3) is 2.07. The minimum absolute atomic E-state index is 0.0751. The summed E-state index contributed by atoms with van der Waals surface area (Å²) in [6, 6.07) is -0.374. The van der Waals surface area contributed by atoms with Gasteiger partial charge < -0.3 is 10.4 Å². The maximum Gasteiger partial charge on any atom is 0.340 e. The molecule has 0 saturated carbocycles. The summed E-state index contributed by atoms with van der Waals surface area (Å²) in [5, 5.41) is 11.7. The molecule has 0 aliphatic heterocycles. The van der Waals surface area contributed by atoms with Gasteiger partial charge in [0.2, 0.25) is 0 Å². The highest BCUT2D eigenvalue weighted by Gasteiger charge is 2.23. The molecule has 0 bridgehead atoms. The van der Waals surface area contributed by atoms with E-state index < -0.39 is 5.97 Å². The Kier molecular flexibility index (Phi) is 3.25. The molecule has 82 valence electrons. The van der Waals surface area contributed by atoms with Gasteiger partial charge in [0.05, 0.1) is 5.69 Å². The molecule has 7 heteroatoms. The van der Waals surface area contributed by atoms with E-state index in [0.29, 0.717) is 10.7 Å². The molecule has 0 radical (unpaired) electrons. The molecule has 0 saturated heterocycles. The number of amides is 2. The Bertz CT molecular complexity index is 402. The lowest BCUT2D eigenvalue weighted by atomic mass is 10.2. The fourth-order valence-corrected chi connectivity index (χ4v) is 1.94. The molecule has 1 aromatic rings. The van der Waals surface area contributed by atoms with Crippen LogP contribution in [0.4, 0.5) is 9.80 Å². The summed E-state index contributed by atoms with van der Waals surface area (Å²) in [5.41, 5.74) is 0.490. The van der Waals surface area contributed by atoms with Crippen molar-refractivity contribution in [2.45, 2.75) is 6.92 Å². The molecule has 1 rings (SSSR count). The van der Waals surface area contributed by atoms with Crippen LogP contribution in [-0.2, 0) is 0 Å². The zero-order chi connectivity index (χ0) is 11.6. The van der Waals surface area contributed by atoms with Gasteiger partial charge in [-0.25, -0.2) is 9.59 Å². The molecule has 0 atom stereocenters. The Labute approximate surface area is 90.7 Å². The van der Waals surface area contributed by atoms with Crippen molar-refractivity contribution in [2.24, 2.45) is 0 Å². The number of rotatable bonds is 2. The average molecular weight is 229 g/mol. The molecule has 0 unspecified atom stereocenters. The summed E-state index contributed by atoms with van der Waals surface area (Å²) in [5.74, 6) is -1.08. The highest BCUT2D eigenvalue weighted by molar-refractivity contribution is 7.11. The number of hydrogen-bond donors (Lipinski definition) is 2. The van der Waals surface area contributed by atoms with Crippen LogP contribution >= 0.6 is 11.5 Å². The van der Waals surface area contributed by atoms with Crippen LogP contribution in [0.5, 0.6) is 0 Å². The van der Waals surface area contributed by atoms with Crippen molar-refractivity contribution in [3.8, 4) is 0 Å². The maximum absolute atomic E-state index is 11.3. The van der Waals surface area contributed by atoms with Crippen LogP contribution in [0.2, 0.25) is 0 Å². The summed E-state index contributed by atoms with van der Waals surface area (Å²) in [6.07, 6.45) is 0. The Morgan fingerprint density at radius 2 is 2.13 bits per heavy atom. The molecule has 15 heavy (non-hydrogen) atoms. The van der Waals surface area contributed by atoms with Crippen molar-refractivity contribution in [1.29, 1.82) is 0 Å². The number of aromatic nitrogens is 1. The lowest BCUT2D eigenvalue weighted by molar-refractivity contribution is 0.0697. The Balaban J connectivity index is 3.14. The van der Waals surface area contributed by atoms with E-state index in [1.807, 2.05) is 0 Å². The smallest absolute Gasteiger partial charge is 0.340 e. The van der Waals surface area contributed by atoms with E-state index in [-0.39, 0.29) is 11.6 Å². The van der Waals surface area contributed by atoms with Crippen molar-refractivity contribution in [1.82, 2.24) is 9.69 Å². The van der Waals surface area contributed by atoms with E-state index in [0.717, 1.165) is 11.5 Å². The molecular weight excluding hydrogens is 218 g/mol. The van der Waals surface area contributed by atoms with Crippen LogP contribution < -0.4 is 10.2 Å². The lowest BCUT2D eigenvalue weighted by Crippen LogP contribution is -2.35. The molecule has 0 aliphatic carbocycles. The van der Waals surface area contributed by atoms with Crippen molar-refractivity contribution < 1.29 is 14.7 Å².